The molecule has 0 aliphatic heterocycles. The lowest BCUT2D eigenvalue weighted by Gasteiger charge is -2.43. The van der Waals surface area contributed by atoms with Crippen LogP contribution in [0.25, 0.3) is 0 Å². The molecule has 100 heavy (non-hydrogen) atoms. The summed E-state index contributed by atoms with van der Waals surface area (Å²) in [6, 6.07) is 66.6. The molecule has 20 heteroatoms. The molecule has 544 valence electrons. The minimum Gasteiger partial charge on any atom is -0.487 e. The number of methoxy groups -OCH3 is 1. The van der Waals surface area contributed by atoms with Gasteiger partial charge in [-0.3, -0.25) is 0 Å². The monoisotopic (exact) mass is 1430 g/mol. The summed E-state index contributed by atoms with van der Waals surface area (Å²) >= 11 is 0. The molecule has 7 aromatic carbocycles. The Balaban J connectivity index is 0.837. The number of ether oxygens (including phenoxy) is 13. The number of hydrogen-bond acceptors (Lipinski definition) is 17. The third-order valence-electron chi connectivity index (χ3n) is 17.0. The Bertz CT molecular complexity index is 3050. The summed E-state index contributed by atoms with van der Waals surface area (Å²) in [6.07, 6.45) is 0. The molecule has 0 fully saturated rings. The minimum absolute atomic E-state index is 0.122. The van der Waals surface area contributed by atoms with Crippen LogP contribution in [-0.4, -0.2) is 197 Å². The summed E-state index contributed by atoms with van der Waals surface area (Å²) in [5.74, 6) is 0.233. The van der Waals surface area contributed by atoms with Gasteiger partial charge in [-0.25, -0.2) is 4.79 Å². The second-order valence-electron chi connectivity index (χ2n) is 26.9. The number of carbonyl (C=O) groups is 1. The number of esters is 1. The van der Waals surface area contributed by atoms with Crippen molar-refractivity contribution in [3.8, 4) is 17.2 Å². The van der Waals surface area contributed by atoms with Crippen LogP contribution in [0.15, 0.2) is 194 Å². The Morgan fingerprint density at radius 3 is 0.660 bits per heavy atom. The van der Waals surface area contributed by atoms with Crippen LogP contribution in [0.2, 0.25) is 15.1 Å². The second-order valence-corrected chi connectivity index (χ2v) is 39.8. The lowest BCUT2D eigenvalue weighted by atomic mass is 10.2. The van der Waals surface area contributed by atoms with Crippen LogP contribution in [0.5, 0.6) is 17.2 Å². The van der Waals surface area contributed by atoms with Crippen LogP contribution in [0.1, 0.15) is 72.7 Å². The molecule has 0 aliphatic carbocycles. The first-order valence-corrected chi connectivity index (χ1v) is 40.8. The highest BCUT2D eigenvalue weighted by Crippen LogP contribution is 2.41. The molecule has 0 bridgehead atoms. The maximum atomic E-state index is 13.1. The van der Waals surface area contributed by atoms with E-state index >= 15 is 0 Å². The molecule has 0 heterocycles. The van der Waals surface area contributed by atoms with Gasteiger partial charge in [0.15, 0.2) is 11.5 Å². The van der Waals surface area contributed by atoms with E-state index < -0.39 is 30.9 Å². The van der Waals surface area contributed by atoms with Crippen molar-refractivity contribution in [2.75, 3.05) is 166 Å². The zero-order valence-corrected chi connectivity index (χ0v) is 63.9. The first kappa shape index (κ1) is 80.9. The molecule has 0 unspecified atom stereocenters. The highest BCUT2D eigenvalue weighted by Gasteiger charge is 2.52. The largest absolute Gasteiger partial charge is 0.487 e. The van der Waals surface area contributed by atoms with Crippen LogP contribution in [0.4, 0.5) is 0 Å². The third kappa shape index (κ3) is 23.8. The second kappa shape index (κ2) is 42.9. The standard InChI is InChI=1S/C80H110O17Si3/c1-78(2,3)98(68-29-17-11-18-30-68,69-31-19-12-20-32-69)95-62-56-89-50-44-83-41-47-86-53-59-92-74-65-67(77(81)82-10)66-75(93-60-54-87-48-42-84-45-51-90-57-63-96-99(79(4,5)6,70-33-21-13-22-34-70)71-35-23-14-24-36-71)76(74)94-61-55-88-49-43-85-46-52-91-58-64-97-100(80(7,8)9,72-37-25-15-26-38-72)73-39-27-16-28-40-73/h11-40,65-66H,41-64H2,1-10H3. The van der Waals surface area contributed by atoms with E-state index in [0.717, 1.165) is 0 Å². The Morgan fingerprint density at radius 2 is 0.460 bits per heavy atom. The van der Waals surface area contributed by atoms with Crippen molar-refractivity contribution in [2.45, 2.75) is 77.4 Å². The number of benzene rings is 7. The van der Waals surface area contributed by atoms with E-state index in [0.29, 0.717) is 119 Å². The first-order valence-electron chi connectivity index (χ1n) is 35.1. The third-order valence-corrected chi connectivity index (χ3v) is 32.1. The predicted octanol–water partition coefficient (Wildman–Crippen LogP) is 10.5. The van der Waals surface area contributed by atoms with E-state index in [-0.39, 0.29) is 77.6 Å². The molecule has 0 aliphatic rings. The smallest absolute Gasteiger partial charge is 0.338 e. The van der Waals surface area contributed by atoms with Gasteiger partial charge in [0, 0.05) is 0 Å². The van der Waals surface area contributed by atoms with Gasteiger partial charge in [-0.2, -0.15) is 0 Å². The van der Waals surface area contributed by atoms with Gasteiger partial charge in [0.25, 0.3) is 25.0 Å². The molecular formula is C80H110O17Si3. The Kier molecular flexibility index (Phi) is 34.7. The van der Waals surface area contributed by atoms with Gasteiger partial charge >= 0.3 is 5.97 Å². The molecule has 0 N–H and O–H groups in total. The SMILES string of the molecule is COC(=O)c1cc(OCCOCCOCCOCCO[Si](c2ccccc2)(c2ccccc2)C(C)(C)C)c(OCCOCCOCCOCCO[Si](c2ccccc2)(c2ccccc2)C(C)(C)C)c(OCCOCCOCCOCCO[Si](c2ccccc2)(c2ccccc2)C(C)(C)C)c1. The van der Waals surface area contributed by atoms with Gasteiger partial charge in [-0.15, -0.1) is 0 Å². The van der Waals surface area contributed by atoms with E-state index in [1.165, 1.54) is 38.2 Å². The molecule has 0 aromatic heterocycles. The zero-order chi connectivity index (χ0) is 71.3. The molecule has 0 spiro atoms. The summed E-state index contributed by atoms with van der Waals surface area (Å²) < 4.78 is 98.1. The van der Waals surface area contributed by atoms with Crippen molar-refractivity contribution in [2.24, 2.45) is 0 Å². The lowest BCUT2D eigenvalue weighted by Crippen LogP contribution is -2.66. The van der Waals surface area contributed by atoms with Crippen LogP contribution in [0.3, 0.4) is 0 Å². The van der Waals surface area contributed by atoms with Gasteiger partial charge in [-0.1, -0.05) is 244 Å². The Labute approximate surface area is 598 Å². The molecule has 7 rings (SSSR count). The maximum absolute atomic E-state index is 13.1. The average molecular weight is 1430 g/mol. The lowest BCUT2D eigenvalue weighted by molar-refractivity contribution is 0.00238. The number of carbonyl (C=O) groups excluding carboxylic acids is 1. The maximum Gasteiger partial charge on any atom is 0.338 e. The van der Waals surface area contributed by atoms with Gasteiger partial charge < -0.3 is 74.9 Å². The molecular weight excluding hydrogens is 1320 g/mol. The molecule has 17 nitrogen and oxygen atoms in total. The highest BCUT2D eigenvalue weighted by atomic mass is 28.4. The fourth-order valence-corrected chi connectivity index (χ4v) is 26.1. The summed E-state index contributed by atoms with van der Waals surface area (Å²) in [7, 11) is -6.64. The van der Waals surface area contributed by atoms with Gasteiger partial charge in [-0.05, 0) is 58.4 Å². The van der Waals surface area contributed by atoms with Crippen LogP contribution >= 0.6 is 0 Å². The Morgan fingerprint density at radius 1 is 0.270 bits per heavy atom. The number of rotatable bonds is 49. The molecule has 0 radical (unpaired) electrons. The van der Waals surface area contributed by atoms with E-state index in [1.54, 1.807) is 12.1 Å². The highest BCUT2D eigenvalue weighted by molar-refractivity contribution is 7.00. The van der Waals surface area contributed by atoms with Gasteiger partial charge in [0.2, 0.25) is 5.75 Å². The fourth-order valence-electron chi connectivity index (χ4n) is 12.5. The van der Waals surface area contributed by atoms with Crippen molar-refractivity contribution >= 4 is 62.0 Å². The van der Waals surface area contributed by atoms with E-state index in [9.17, 15) is 4.79 Å². The molecule has 0 saturated heterocycles. The van der Waals surface area contributed by atoms with E-state index in [1.807, 2.05) is 36.4 Å². The molecule has 7 aromatic rings. The fraction of sp³-hybridized carbons (Fsp3) is 0.463. The number of hydrogen-bond donors (Lipinski definition) is 0. The topological polar surface area (TPSA) is 165 Å². The zero-order valence-electron chi connectivity index (χ0n) is 60.9. The molecule has 0 amide bonds. The van der Waals surface area contributed by atoms with Crippen molar-refractivity contribution in [1.82, 2.24) is 0 Å². The summed E-state index contributed by atoms with van der Waals surface area (Å²) in [4.78, 5) is 13.1. The predicted molar refractivity (Wildman–Crippen MR) is 402 cm³/mol. The van der Waals surface area contributed by atoms with Crippen molar-refractivity contribution in [1.29, 1.82) is 0 Å². The van der Waals surface area contributed by atoms with Gasteiger partial charge in [0.05, 0.1) is 151 Å². The summed E-state index contributed by atoms with van der Waals surface area (Å²) in [6.45, 7) is 28.6. The average Bonchev–Trinajstić information content (AvgIpc) is 0.765. The normalized spacial score (nSPS) is 12.4. The van der Waals surface area contributed by atoms with E-state index in [2.05, 4.69) is 208 Å². The first-order chi connectivity index (χ1) is 48.5. The molecule has 0 saturated carbocycles. The van der Waals surface area contributed by atoms with Crippen LogP contribution in [0, 0.1) is 0 Å². The van der Waals surface area contributed by atoms with Crippen LogP contribution in [-0.2, 0) is 60.6 Å². The van der Waals surface area contributed by atoms with Crippen LogP contribution < -0.4 is 45.3 Å². The van der Waals surface area contributed by atoms with Gasteiger partial charge in [0.1, 0.15) is 19.8 Å². The summed E-state index contributed by atoms with van der Waals surface area (Å²) in [5, 5.41) is 7.01. The van der Waals surface area contributed by atoms with Crippen molar-refractivity contribution in [3.05, 3.63) is 200 Å². The van der Waals surface area contributed by atoms with Crippen molar-refractivity contribution in [3.63, 3.8) is 0 Å². The quantitative estimate of drug-likeness (QED) is 0.0201. The van der Waals surface area contributed by atoms with E-state index in [4.69, 9.17) is 74.9 Å². The summed E-state index contributed by atoms with van der Waals surface area (Å²) in [5.41, 5.74) is 0.209. The molecule has 0 atom stereocenters. The Hall–Kier alpha value is -6.42. The minimum atomic E-state index is -2.65. The van der Waals surface area contributed by atoms with Crippen molar-refractivity contribution < 1.29 is 79.7 Å².